The number of rotatable bonds is 4. The zero-order valence-electron chi connectivity index (χ0n) is 15.4. The number of piperazine rings is 1. The van der Waals surface area contributed by atoms with Crippen molar-refractivity contribution in [2.75, 3.05) is 31.5 Å². The van der Waals surface area contributed by atoms with Crippen molar-refractivity contribution in [2.24, 2.45) is 5.92 Å². The first kappa shape index (κ1) is 18.9. The highest BCUT2D eigenvalue weighted by Crippen LogP contribution is 2.16. The van der Waals surface area contributed by atoms with E-state index >= 15 is 0 Å². The summed E-state index contributed by atoms with van der Waals surface area (Å²) >= 11 is 0. The van der Waals surface area contributed by atoms with Crippen molar-refractivity contribution in [3.05, 3.63) is 66.0 Å². The summed E-state index contributed by atoms with van der Waals surface area (Å²) in [6.45, 7) is 3.77. The van der Waals surface area contributed by atoms with Crippen LogP contribution >= 0.6 is 0 Å². The molecule has 1 atom stereocenters. The van der Waals surface area contributed by atoms with Gasteiger partial charge in [-0.05, 0) is 30.2 Å². The highest BCUT2D eigenvalue weighted by molar-refractivity contribution is 5.89. The number of nitrogens with one attached hydrogen (secondary N) is 1. The highest BCUT2D eigenvalue weighted by atomic mass is 19.1. The molecule has 1 fully saturated rings. The third kappa shape index (κ3) is 4.84. The van der Waals surface area contributed by atoms with Gasteiger partial charge in [0.25, 0.3) is 0 Å². The number of halogens is 1. The predicted molar refractivity (Wildman–Crippen MR) is 103 cm³/mol. The summed E-state index contributed by atoms with van der Waals surface area (Å²) in [7, 11) is 0. The summed E-state index contributed by atoms with van der Waals surface area (Å²) in [6.07, 6.45) is 0.375. The average molecular weight is 369 g/mol. The second kappa shape index (κ2) is 8.66. The largest absolute Gasteiger partial charge is 0.339 e. The molecule has 3 rings (SSSR count). The normalized spacial score (nSPS) is 15.3. The Morgan fingerprint density at radius 2 is 1.56 bits per heavy atom. The van der Waals surface area contributed by atoms with Crippen LogP contribution in [0.2, 0.25) is 0 Å². The van der Waals surface area contributed by atoms with Crippen molar-refractivity contribution in [1.29, 1.82) is 0 Å². The van der Waals surface area contributed by atoms with E-state index in [1.807, 2.05) is 37.3 Å². The van der Waals surface area contributed by atoms with Gasteiger partial charge in [-0.3, -0.25) is 4.79 Å². The number of carbonyl (C=O) groups excluding carboxylic acids is 2. The molecule has 2 aromatic carbocycles. The van der Waals surface area contributed by atoms with Gasteiger partial charge in [-0.2, -0.15) is 0 Å². The lowest BCUT2D eigenvalue weighted by molar-refractivity contribution is -0.136. The molecule has 1 saturated heterocycles. The molecule has 0 aromatic heterocycles. The molecule has 1 unspecified atom stereocenters. The van der Waals surface area contributed by atoms with E-state index in [0.29, 0.717) is 38.2 Å². The third-order valence-electron chi connectivity index (χ3n) is 4.81. The zero-order valence-corrected chi connectivity index (χ0v) is 15.4. The Bertz CT molecular complexity index is 789. The fourth-order valence-electron chi connectivity index (χ4n) is 3.25. The summed E-state index contributed by atoms with van der Waals surface area (Å²) in [4.78, 5) is 28.5. The minimum absolute atomic E-state index is 0.00127. The lowest BCUT2D eigenvalue weighted by atomic mass is 9.99. The average Bonchev–Trinajstić information content (AvgIpc) is 2.70. The SMILES string of the molecule is CC(Cc1ccccc1F)C(=O)N1CCN(C(=O)Nc2ccccc2)CC1. The Kier molecular flexibility index (Phi) is 6.06. The Morgan fingerprint density at radius 1 is 0.963 bits per heavy atom. The van der Waals surface area contributed by atoms with Crippen LogP contribution in [0.5, 0.6) is 0 Å². The van der Waals surface area contributed by atoms with Gasteiger partial charge in [0, 0.05) is 37.8 Å². The van der Waals surface area contributed by atoms with Crippen molar-refractivity contribution in [1.82, 2.24) is 9.80 Å². The molecule has 0 spiro atoms. The van der Waals surface area contributed by atoms with Gasteiger partial charge in [-0.15, -0.1) is 0 Å². The van der Waals surface area contributed by atoms with Crippen LogP contribution in [-0.2, 0) is 11.2 Å². The van der Waals surface area contributed by atoms with E-state index in [0.717, 1.165) is 5.69 Å². The highest BCUT2D eigenvalue weighted by Gasteiger charge is 2.27. The van der Waals surface area contributed by atoms with Gasteiger partial charge in [0.2, 0.25) is 5.91 Å². The van der Waals surface area contributed by atoms with Crippen LogP contribution < -0.4 is 5.32 Å². The van der Waals surface area contributed by atoms with Crippen molar-refractivity contribution in [3.63, 3.8) is 0 Å². The standard InChI is InChI=1S/C21H24FN3O2/c1-16(15-17-7-5-6-10-19(17)22)20(26)24-11-13-25(14-12-24)21(27)23-18-8-3-2-4-9-18/h2-10,16H,11-15H2,1H3,(H,23,27). The first-order chi connectivity index (χ1) is 13.0. The number of carbonyl (C=O) groups is 2. The second-order valence-electron chi connectivity index (χ2n) is 6.81. The van der Waals surface area contributed by atoms with Gasteiger partial charge < -0.3 is 15.1 Å². The van der Waals surface area contributed by atoms with Gasteiger partial charge in [0.1, 0.15) is 5.82 Å². The molecule has 6 heteroatoms. The second-order valence-corrected chi connectivity index (χ2v) is 6.81. The molecule has 0 aliphatic carbocycles. The van der Waals surface area contributed by atoms with Gasteiger partial charge in [-0.25, -0.2) is 9.18 Å². The van der Waals surface area contributed by atoms with Gasteiger partial charge in [-0.1, -0.05) is 43.3 Å². The number of benzene rings is 2. The fourth-order valence-corrected chi connectivity index (χ4v) is 3.25. The van der Waals surface area contributed by atoms with Crippen molar-refractivity contribution >= 4 is 17.6 Å². The van der Waals surface area contributed by atoms with Crippen LogP contribution in [0.3, 0.4) is 0 Å². The molecular formula is C21H24FN3O2. The number of urea groups is 1. The van der Waals surface area contributed by atoms with Gasteiger partial charge in [0.15, 0.2) is 0 Å². The predicted octanol–water partition coefficient (Wildman–Crippen LogP) is 3.38. The number of para-hydroxylation sites is 1. The summed E-state index contributed by atoms with van der Waals surface area (Å²) in [5.41, 5.74) is 1.30. The topological polar surface area (TPSA) is 52.7 Å². The molecule has 1 aliphatic rings. The number of amides is 3. The van der Waals surface area contributed by atoms with Crippen LogP contribution in [0.1, 0.15) is 12.5 Å². The molecule has 0 saturated carbocycles. The lowest BCUT2D eigenvalue weighted by Crippen LogP contribution is -2.52. The van der Waals surface area contributed by atoms with E-state index in [1.165, 1.54) is 6.07 Å². The molecule has 3 amide bonds. The van der Waals surface area contributed by atoms with E-state index in [4.69, 9.17) is 0 Å². The first-order valence-electron chi connectivity index (χ1n) is 9.18. The Balaban J connectivity index is 1.50. The molecule has 5 nitrogen and oxygen atoms in total. The van der Waals surface area contributed by atoms with E-state index in [-0.39, 0.29) is 23.7 Å². The third-order valence-corrected chi connectivity index (χ3v) is 4.81. The first-order valence-corrected chi connectivity index (χ1v) is 9.18. The number of hydrogen-bond donors (Lipinski definition) is 1. The molecule has 1 heterocycles. The Morgan fingerprint density at radius 3 is 2.22 bits per heavy atom. The Hall–Kier alpha value is -2.89. The summed E-state index contributed by atoms with van der Waals surface area (Å²) in [5, 5.41) is 2.86. The molecular weight excluding hydrogens is 345 g/mol. The Labute approximate surface area is 158 Å². The smallest absolute Gasteiger partial charge is 0.321 e. The van der Waals surface area contributed by atoms with E-state index in [1.54, 1.807) is 28.0 Å². The maximum atomic E-state index is 13.8. The van der Waals surface area contributed by atoms with Crippen LogP contribution in [-0.4, -0.2) is 47.9 Å². The van der Waals surface area contributed by atoms with Crippen molar-refractivity contribution in [2.45, 2.75) is 13.3 Å². The maximum Gasteiger partial charge on any atom is 0.321 e. The van der Waals surface area contributed by atoms with Gasteiger partial charge >= 0.3 is 6.03 Å². The number of hydrogen-bond acceptors (Lipinski definition) is 2. The van der Waals surface area contributed by atoms with E-state index in [9.17, 15) is 14.0 Å². The molecule has 1 aliphatic heterocycles. The van der Waals surface area contributed by atoms with Gasteiger partial charge in [0.05, 0.1) is 0 Å². The molecule has 1 N–H and O–H groups in total. The van der Waals surface area contributed by atoms with Crippen LogP contribution in [0.15, 0.2) is 54.6 Å². The number of anilines is 1. The van der Waals surface area contributed by atoms with E-state index in [2.05, 4.69) is 5.32 Å². The van der Waals surface area contributed by atoms with E-state index < -0.39 is 0 Å². The number of nitrogens with zero attached hydrogens (tertiary/aromatic N) is 2. The maximum absolute atomic E-state index is 13.8. The van der Waals surface area contributed by atoms with Crippen molar-refractivity contribution in [3.8, 4) is 0 Å². The molecule has 27 heavy (non-hydrogen) atoms. The van der Waals surface area contributed by atoms with Crippen LogP contribution in [0.4, 0.5) is 14.9 Å². The summed E-state index contributed by atoms with van der Waals surface area (Å²) < 4.78 is 13.8. The van der Waals surface area contributed by atoms with Crippen LogP contribution in [0.25, 0.3) is 0 Å². The minimum atomic E-state index is -0.299. The van der Waals surface area contributed by atoms with Crippen molar-refractivity contribution < 1.29 is 14.0 Å². The molecule has 2 aromatic rings. The molecule has 142 valence electrons. The monoisotopic (exact) mass is 369 g/mol. The fraction of sp³-hybridized carbons (Fsp3) is 0.333. The summed E-state index contributed by atoms with van der Waals surface area (Å²) in [6, 6.07) is 15.7. The van der Waals surface area contributed by atoms with Crippen LogP contribution in [0, 0.1) is 11.7 Å². The zero-order chi connectivity index (χ0) is 19.2. The summed E-state index contributed by atoms with van der Waals surface area (Å²) in [5.74, 6) is -0.576. The quantitative estimate of drug-likeness (QED) is 0.898. The molecule has 0 bridgehead atoms. The lowest BCUT2D eigenvalue weighted by Gasteiger charge is -2.36. The molecule has 0 radical (unpaired) electrons. The minimum Gasteiger partial charge on any atom is -0.339 e.